The van der Waals surface area contributed by atoms with Crippen molar-refractivity contribution < 1.29 is 19.0 Å². The third-order valence-electron chi connectivity index (χ3n) is 3.98. The number of benzene rings is 3. The molecule has 1 amide bonds. The smallest absolute Gasteiger partial charge is 0.275 e. The number of phenolic OH excluding ortho intramolecular Hbond substituents is 1. The molecule has 0 fully saturated rings. The highest BCUT2D eigenvalue weighted by Gasteiger charge is 2.12. The lowest BCUT2D eigenvalue weighted by atomic mass is 10.2. The average Bonchev–Trinajstić information content (AvgIpc) is 2.70. The molecule has 0 radical (unpaired) electrons. The molecule has 5 nitrogen and oxygen atoms in total. The average molecular weight is 468 g/mol. The number of carbonyl (C=O) groups is 1. The zero-order chi connectivity index (χ0) is 21.7. The van der Waals surface area contributed by atoms with Crippen LogP contribution in [0.25, 0.3) is 0 Å². The molecule has 0 atom stereocenters. The zero-order valence-electron chi connectivity index (χ0n) is 15.2. The molecule has 0 unspecified atom stereocenters. The molecule has 9 heteroatoms. The van der Waals surface area contributed by atoms with Gasteiger partial charge in [0, 0.05) is 21.2 Å². The van der Waals surface area contributed by atoms with Gasteiger partial charge in [-0.2, -0.15) is 5.10 Å². The topological polar surface area (TPSA) is 70.9 Å². The number of halogens is 4. The summed E-state index contributed by atoms with van der Waals surface area (Å²) < 4.78 is 19.6. The predicted molar refractivity (Wildman–Crippen MR) is 115 cm³/mol. The van der Waals surface area contributed by atoms with E-state index >= 15 is 0 Å². The van der Waals surface area contributed by atoms with Crippen molar-refractivity contribution in [3.63, 3.8) is 0 Å². The molecular weight excluding hydrogens is 454 g/mol. The first kappa shape index (κ1) is 21.9. The van der Waals surface area contributed by atoms with E-state index in [2.05, 4.69) is 10.5 Å². The Kier molecular flexibility index (Phi) is 7.15. The summed E-state index contributed by atoms with van der Waals surface area (Å²) in [6.07, 6.45) is 1.31. The molecule has 0 saturated carbocycles. The number of hydrogen-bond donors (Lipinski definition) is 2. The molecule has 0 aliphatic carbocycles. The Balaban J connectivity index is 1.75. The largest absolute Gasteiger partial charge is 0.507 e. The summed E-state index contributed by atoms with van der Waals surface area (Å²) >= 11 is 17.9. The molecule has 154 valence electrons. The Bertz CT molecular complexity index is 1100. The van der Waals surface area contributed by atoms with Crippen molar-refractivity contribution in [3.8, 4) is 11.5 Å². The maximum absolute atomic E-state index is 13.9. The van der Waals surface area contributed by atoms with Crippen molar-refractivity contribution in [2.24, 2.45) is 5.10 Å². The molecule has 3 aromatic carbocycles. The van der Waals surface area contributed by atoms with Crippen LogP contribution in [0.15, 0.2) is 59.7 Å². The molecule has 30 heavy (non-hydrogen) atoms. The van der Waals surface area contributed by atoms with Gasteiger partial charge in [0.2, 0.25) is 0 Å². The van der Waals surface area contributed by atoms with Crippen molar-refractivity contribution >= 4 is 46.9 Å². The third kappa shape index (κ3) is 5.42. The SMILES string of the molecule is O=C(N/N=C\c1cc(Cl)ccc1OCc1c(F)cccc1Cl)c1cc(Cl)ccc1O. The lowest BCUT2D eigenvalue weighted by Gasteiger charge is -2.11. The summed E-state index contributed by atoms with van der Waals surface area (Å²) in [5.41, 5.74) is 2.90. The molecule has 0 heterocycles. The van der Waals surface area contributed by atoms with E-state index in [0.717, 1.165) is 0 Å². The maximum Gasteiger partial charge on any atom is 0.275 e. The predicted octanol–water partition coefficient (Wildman–Crippen LogP) is 5.83. The van der Waals surface area contributed by atoms with Crippen molar-refractivity contribution in [1.29, 1.82) is 0 Å². The Morgan fingerprint density at radius 2 is 1.83 bits per heavy atom. The molecule has 0 spiro atoms. The number of rotatable bonds is 6. The van der Waals surface area contributed by atoms with E-state index < -0.39 is 11.7 Å². The van der Waals surface area contributed by atoms with Gasteiger partial charge < -0.3 is 9.84 Å². The Labute approximate surface area is 186 Å². The van der Waals surface area contributed by atoms with Crippen LogP contribution < -0.4 is 10.2 Å². The number of nitrogens with zero attached hydrogens (tertiary/aromatic N) is 1. The highest BCUT2D eigenvalue weighted by Crippen LogP contribution is 2.25. The fourth-order valence-corrected chi connectivity index (χ4v) is 3.05. The van der Waals surface area contributed by atoms with E-state index in [4.69, 9.17) is 39.5 Å². The number of carbonyl (C=O) groups excluding carboxylic acids is 1. The summed E-state index contributed by atoms with van der Waals surface area (Å²) in [5.74, 6) is -1.03. The minimum absolute atomic E-state index is 0.0311. The maximum atomic E-state index is 13.9. The molecular formula is C21H14Cl3FN2O3. The van der Waals surface area contributed by atoms with Crippen LogP contribution in [0.4, 0.5) is 4.39 Å². The first-order chi connectivity index (χ1) is 14.3. The summed E-state index contributed by atoms with van der Waals surface area (Å²) in [6, 6.07) is 13.2. The normalized spacial score (nSPS) is 10.9. The van der Waals surface area contributed by atoms with Crippen LogP contribution in [0.2, 0.25) is 15.1 Å². The van der Waals surface area contributed by atoms with Crippen LogP contribution in [0, 0.1) is 5.82 Å². The van der Waals surface area contributed by atoms with Crippen LogP contribution in [-0.4, -0.2) is 17.2 Å². The van der Waals surface area contributed by atoms with Gasteiger partial charge in [-0.25, -0.2) is 9.82 Å². The fourth-order valence-electron chi connectivity index (χ4n) is 2.48. The molecule has 0 aliphatic rings. The standard InChI is InChI=1S/C21H14Cl3FN2O3/c22-13-5-7-20(30-11-16-17(24)2-1-3-18(16)25)12(8-13)10-26-27-21(29)15-9-14(23)4-6-19(15)28/h1-10,28H,11H2,(H,27,29)/b26-10-. The Morgan fingerprint density at radius 1 is 1.10 bits per heavy atom. The Hall–Kier alpha value is -2.80. The number of amides is 1. The Morgan fingerprint density at radius 3 is 2.60 bits per heavy atom. The van der Waals surface area contributed by atoms with Crippen LogP contribution in [0.1, 0.15) is 21.5 Å². The summed E-state index contributed by atoms with van der Waals surface area (Å²) in [4.78, 5) is 12.2. The minimum atomic E-state index is -0.658. The van der Waals surface area contributed by atoms with Gasteiger partial charge in [0.1, 0.15) is 23.9 Å². The second-order valence-corrected chi connectivity index (χ2v) is 7.31. The molecule has 0 bridgehead atoms. The second-order valence-electron chi connectivity index (χ2n) is 6.03. The van der Waals surface area contributed by atoms with Crippen molar-refractivity contribution in [1.82, 2.24) is 5.43 Å². The molecule has 2 N–H and O–H groups in total. The second kappa shape index (κ2) is 9.80. The molecule has 0 saturated heterocycles. The summed E-state index contributed by atoms with van der Waals surface area (Å²) in [5, 5.41) is 14.6. The lowest BCUT2D eigenvalue weighted by molar-refractivity contribution is 0.0952. The molecule has 3 aromatic rings. The summed E-state index contributed by atoms with van der Waals surface area (Å²) in [6.45, 7) is -0.114. The van der Waals surface area contributed by atoms with Crippen LogP contribution in [-0.2, 0) is 6.61 Å². The number of ether oxygens (including phenoxy) is 1. The number of hydrogen-bond acceptors (Lipinski definition) is 4. The van der Waals surface area contributed by atoms with Gasteiger partial charge in [-0.3, -0.25) is 4.79 Å². The van der Waals surface area contributed by atoms with Gasteiger partial charge in [-0.1, -0.05) is 40.9 Å². The first-order valence-corrected chi connectivity index (χ1v) is 9.65. The monoisotopic (exact) mass is 466 g/mol. The number of phenols is 1. The van der Waals surface area contributed by atoms with Gasteiger partial charge in [-0.05, 0) is 48.5 Å². The summed E-state index contributed by atoms with van der Waals surface area (Å²) in [7, 11) is 0. The number of aromatic hydroxyl groups is 1. The van der Waals surface area contributed by atoms with Crippen LogP contribution in [0.3, 0.4) is 0 Å². The fraction of sp³-hybridized carbons (Fsp3) is 0.0476. The van der Waals surface area contributed by atoms with Crippen LogP contribution >= 0.6 is 34.8 Å². The number of nitrogens with one attached hydrogen (secondary N) is 1. The highest BCUT2D eigenvalue weighted by atomic mass is 35.5. The molecule has 0 aliphatic heterocycles. The van der Waals surface area contributed by atoms with E-state index in [9.17, 15) is 14.3 Å². The third-order valence-corrected chi connectivity index (χ3v) is 4.80. The minimum Gasteiger partial charge on any atom is -0.507 e. The molecule has 3 rings (SSSR count). The molecule has 0 aromatic heterocycles. The lowest BCUT2D eigenvalue weighted by Crippen LogP contribution is -2.17. The zero-order valence-corrected chi connectivity index (χ0v) is 17.5. The van der Waals surface area contributed by atoms with E-state index in [1.54, 1.807) is 24.3 Å². The van der Waals surface area contributed by atoms with E-state index in [-0.39, 0.29) is 28.5 Å². The van der Waals surface area contributed by atoms with E-state index in [0.29, 0.717) is 21.4 Å². The van der Waals surface area contributed by atoms with Gasteiger partial charge in [0.25, 0.3) is 5.91 Å². The van der Waals surface area contributed by atoms with Gasteiger partial charge >= 0.3 is 0 Å². The van der Waals surface area contributed by atoms with Crippen LogP contribution in [0.5, 0.6) is 11.5 Å². The van der Waals surface area contributed by atoms with Crippen molar-refractivity contribution in [2.75, 3.05) is 0 Å². The van der Waals surface area contributed by atoms with Gasteiger partial charge in [-0.15, -0.1) is 0 Å². The first-order valence-electron chi connectivity index (χ1n) is 8.52. The van der Waals surface area contributed by atoms with Gasteiger partial charge in [0.05, 0.1) is 16.8 Å². The number of hydrazone groups is 1. The van der Waals surface area contributed by atoms with E-state index in [1.807, 2.05) is 0 Å². The van der Waals surface area contributed by atoms with Gasteiger partial charge in [0.15, 0.2) is 0 Å². The van der Waals surface area contributed by atoms with E-state index in [1.165, 1.54) is 36.5 Å². The quantitative estimate of drug-likeness (QED) is 0.354. The van der Waals surface area contributed by atoms with Crippen molar-refractivity contribution in [3.05, 3.63) is 92.2 Å². The highest BCUT2D eigenvalue weighted by molar-refractivity contribution is 6.31. The van der Waals surface area contributed by atoms with Crippen molar-refractivity contribution in [2.45, 2.75) is 6.61 Å².